The first-order valence-electron chi connectivity index (χ1n) is 8.08. The lowest BCUT2D eigenvalue weighted by molar-refractivity contribution is -0.123. The fraction of sp³-hybridized carbons (Fsp3) is 0.556. The Morgan fingerprint density at radius 2 is 1.96 bits per heavy atom. The molecule has 2 rings (SSSR count). The molecule has 2 unspecified atom stereocenters. The number of likely N-dealkylation sites (tertiary alicyclic amines) is 1. The molecule has 0 bridgehead atoms. The summed E-state index contributed by atoms with van der Waals surface area (Å²) in [5, 5.41) is 12.5. The highest BCUT2D eigenvalue weighted by molar-refractivity contribution is 6.04. The quantitative estimate of drug-likeness (QED) is 0.899. The monoisotopic (exact) mass is 318 g/mol. The number of amides is 2. The van der Waals surface area contributed by atoms with Crippen molar-refractivity contribution < 1.29 is 14.7 Å². The van der Waals surface area contributed by atoms with Crippen molar-refractivity contribution in [3.63, 3.8) is 0 Å². The molecule has 0 aliphatic carbocycles. The molecule has 23 heavy (non-hydrogen) atoms. The van der Waals surface area contributed by atoms with Crippen molar-refractivity contribution in [2.75, 3.05) is 18.4 Å². The zero-order chi connectivity index (χ0) is 17.2. The van der Waals surface area contributed by atoms with Crippen molar-refractivity contribution in [3.8, 4) is 0 Å². The number of nitrogens with one attached hydrogen (secondary N) is 1. The van der Waals surface area contributed by atoms with Crippen LogP contribution in [0.3, 0.4) is 0 Å². The maximum atomic E-state index is 12.8. The summed E-state index contributed by atoms with van der Waals surface area (Å²) in [4.78, 5) is 26.7. The van der Waals surface area contributed by atoms with Crippen molar-refractivity contribution in [1.82, 2.24) is 4.90 Å². The Labute approximate surface area is 137 Å². The number of nitrogens with zero attached hydrogens (tertiary/aromatic N) is 1. The van der Waals surface area contributed by atoms with Gasteiger partial charge < -0.3 is 15.3 Å². The highest BCUT2D eigenvalue weighted by Crippen LogP contribution is 2.25. The molecular formula is C18H26N2O3. The number of benzene rings is 1. The average molecular weight is 318 g/mol. The predicted molar refractivity (Wildman–Crippen MR) is 90.2 cm³/mol. The Hall–Kier alpha value is -1.88. The van der Waals surface area contributed by atoms with Crippen LogP contribution < -0.4 is 5.32 Å². The average Bonchev–Trinajstić information content (AvgIpc) is 2.96. The molecule has 2 N–H and O–H groups in total. The number of carbonyl (C=O) groups excluding carboxylic acids is 2. The van der Waals surface area contributed by atoms with Gasteiger partial charge in [0, 0.05) is 24.4 Å². The largest absolute Gasteiger partial charge is 0.393 e. The van der Waals surface area contributed by atoms with Crippen molar-refractivity contribution >= 4 is 17.5 Å². The lowest BCUT2D eigenvalue weighted by atomic mass is 9.95. The molecule has 1 aliphatic heterocycles. The van der Waals surface area contributed by atoms with Crippen LogP contribution in [0.25, 0.3) is 0 Å². The zero-order valence-electron chi connectivity index (χ0n) is 14.3. The van der Waals surface area contributed by atoms with E-state index in [-0.39, 0.29) is 17.7 Å². The van der Waals surface area contributed by atoms with Crippen molar-refractivity contribution in [2.45, 2.75) is 40.2 Å². The summed E-state index contributed by atoms with van der Waals surface area (Å²) in [7, 11) is 0. The first-order valence-corrected chi connectivity index (χ1v) is 8.08. The van der Waals surface area contributed by atoms with E-state index in [1.807, 2.05) is 20.8 Å². The molecule has 0 radical (unpaired) electrons. The van der Waals surface area contributed by atoms with Crippen LogP contribution in [0.1, 0.15) is 44.5 Å². The second-order valence-corrected chi connectivity index (χ2v) is 7.29. The molecule has 1 fully saturated rings. The van der Waals surface area contributed by atoms with Gasteiger partial charge in [-0.05, 0) is 25.5 Å². The van der Waals surface area contributed by atoms with Crippen molar-refractivity contribution in [1.29, 1.82) is 0 Å². The standard InChI is InChI=1S/C18H26N2O3/c1-12(21)13-9-10-20(11-13)16(22)14-7-5-6-8-15(14)19-17(23)18(2,3)4/h5-8,12-13,21H,9-11H2,1-4H3,(H,19,23). The Balaban J connectivity index is 2.17. The van der Waals surface area contributed by atoms with Crippen LogP contribution in [-0.4, -0.2) is 41.0 Å². The summed E-state index contributed by atoms with van der Waals surface area (Å²) in [5.74, 6) is -0.103. The van der Waals surface area contributed by atoms with Crippen LogP contribution >= 0.6 is 0 Å². The first kappa shape index (κ1) is 17.5. The van der Waals surface area contributed by atoms with E-state index in [2.05, 4.69) is 5.32 Å². The molecule has 1 aromatic carbocycles. The Morgan fingerprint density at radius 1 is 1.30 bits per heavy atom. The number of aliphatic hydroxyl groups is 1. The van der Waals surface area contributed by atoms with E-state index >= 15 is 0 Å². The fourth-order valence-corrected chi connectivity index (χ4v) is 2.62. The number of para-hydroxylation sites is 1. The van der Waals surface area contributed by atoms with Gasteiger partial charge in [-0.25, -0.2) is 0 Å². The van der Waals surface area contributed by atoms with Crippen LogP contribution in [0.15, 0.2) is 24.3 Å². The molecule has 2 atom stereocenters. The second-order valence-electron chi connectivity index (χ2n) is 7.29. The summed E-state index contributed by atoms with van der Waals surface area (Å²) in [6.07, 6.45) is 0.392. The van der Waals surface area contributed by atoms with Gasteiger partial charge in [0.05, 0.1) is 17.4 Å². The molecule has 2 amide bonds. The highest BCUT2D eigenvalue weighted by atomic mass is 16.3. The fourth-order valence-electron chi connectivity index (χ4n) is 2.62. The van der Waals surface area contributed by atoms with Crippen LogP contribution in [0.5, 0.6) is 0 Å². The van der Waals surface area contributed by atoms with Gasteiger partial charge in [0.15, 0.2) is 0 Å². The Morgan fingerprint density at radius 3 is 2.52 bits per heavy atom. The SMILES string of the molecule is CC(O)C1CCN(C(=O)c2ccccc2NC(=O)C(C)(C)C)C1. The van der Waals surface area contributed by atoms with E-state index in [0.717, 1.165) is 6.42 Å². The number of rotatable bonds is 3. The molecule has 1 saturated heterocycles. The minimum Gasteiger partial charge on any atom is -0.393 e. The third-order valence-electron chi connectivity index (χ3n) is 4.28. The minimum atomic E-state index is -0.527. The predicted octanol–water partition coefficient (Wildman–Crippen LogP) is 2.51. The van der Waals surface area contributed by atoms with E-state index < -0.39 is 11.5 Å². The smallest absolute Gasteiger partial charge is 0.255 e. The molecule has 5 heteroatoms. The summed E-state index contributed by atoms with van der Waals surface area (Å²) in [6.45, 7) is 8.45. The van der Waals surface area contributed by atoms with E-state index in [9.17, 15) is 14.7 Å². The van der Waals surface area contributed by atoms with Crippen LogP contribution in [-0.2, 0) is 4.79 Å². The van der Waals surface area contributed by atoms with E-state index in [4.69, 9.17) is 0 Å². The highest BCUT2D eigenvalue weighted by Gasteiger charge is 2.31. The number of carbonyl (C=O) groups is 2. The van der Waals surface area contributed by atoms with Gasteiger partial charge in [-0.3, -0.25) is 9.59 Å². The van der Waals surface area contributed by atoms with Gasteiger partial charge in [-0.2, -0.15) is 0 Å². The van der Waals surface area contributed by atoms with Crippen LogP contribution in [0, 0.1) is 11.3 Å². The molecule has 0 aromatic heterocycles. The molecular weight excluding hydrogens is 292 g/mol. The second kappa shape index (κ2) is 6.71. The maximum absolute atomic E-state index is 12.8. The molecule has 1 heterocycles. The third kappa shape index (κ3) is 4.10. The molecule has 0 spiro atoms. The lowest BCUT2D eigenvalue weighted by Gasteiger charge is -2.22. The summed E-state index contributed by atoms with van der Waals surface area (Å²) < 4.78 is 0. The van der Waals surface area contributed by atoms with E-state index in [0.29, 0.717) is 24.3 Å². The Bertz CT molecular complexity index is 590. The van der Waals surface area contributed by atoms with Gasteiger partial charge >= 0.3 is 0 Å². The molecule has 1 aromatic rings. The van der Waals surface area contributed by atoms with Crippen LogP contribution in [0.2, 0.25) is 0 Å². The third-order valence-corrected chi connectivity index (χ3v) is 4.28. The summed E-state index contributed by atoms with van der Waals surface area (Å²) in [5.41, 5.74) is 0.510. The molecule has 0 saturated carbocycles. The minimum absolute atomic E-state index is 0.0991. The Kier molecular flexibility index (Phi) is 5.09. The molecule has 5 nitrogen and oxygen atoms in total. The lowest BCUT2D eigenvalue weighted by Crippen LogP contribution is -2.32. The maximum Gasteiger partial charge on any atom is 0.255 e. The van der Waals surface area contributed by atoms with E-state index in [1.165, 1.54) is 0 Å². The van der Waals surface area contributed by atoms with E-state index in [1.54, 1.807) is 36.1 Å². The first-order chi connectivity index (χ1) is 10.7. The van der Waals surface area contributed by atoms with Crippen LogP contribution in [0.4, 0.5) is 5.69 Å². The van der Waals surface area contributed by atoms with Gasteiger partial charge in [-0.1, -0.05) is 32.9 Å². The number of hydrogen-bond acceptors (Lipinski definition) is 3. The normalized spacial score (nSPS) is 19.5. The molecule has 126 valence electrons. The van der Waals surface area contributed by atoms with Crippen molar-refractivity contribution in [2.24, 2.45) is 11.3 Å². The molecule has 1 aliphatic rings. The van der Waals surface area contributed by atoms with Gasteiger partial charge in [0.2, 0.25) is 5.91 Å². The van der Waals surface area contributed by atoms with Gasteiger partial charge in [0.25, 0.3) is 5.91 Å². The van der Waals surface area contributed by atoms with Gasteiger partial charge in [0.1, 0.15) is 0 Å². The topological polar surface area (TPSA) is 69.6 Å². The number of aliphatic hydroxyl groups excluding tert-OH is 1. The summed E-state index contributed by atoms with van der Waals surface area (Å²) >= 11 is 0. The summed E-state index contributed by atoms with van der Waals surface area (Å²) in [6, 6.07) is 7.08. The zero-order valence-corrected chi connectivity index (χ0v) is 14.3. The van der Waals surface area contributed by atoms with Gasteiger partial charge in [-0.15, -0.1) is 0 Å². The number of hydrogen-bond donors (Lipinski definition) is 2. The van der Waals surface area contributed by atoms with Crippen molar-refractivity contribution in [3.05, 3.63) is 29.8 Å². The number of anilines is 1.